The fourth-order valence-corrected chi connectivity index (χ4v) is 7.94. The number of carboxylic acid groups (broad SMARTS) is 1. The fourth-order valence-electron chi connectivity index (χ4n) is 7.06. The number of ether oxygens (including phenoxy) is 3. The molecule has 4 aliphatic rings. The monoisotopic (exact) mass is 725 g/mol. The van der Waals surface area contributed by atoms with Gasteiger partial charge < -0.3 is 44.5 Å². The molecule has 15 heteroatoms. The number of aliphatic hydroxyl groups is 3. The maximum atomic E-state index is 14.1. The van der Waals surface area contributed by atoms with Crippen molar-refractivity contribution in [2.45, 2.75) is 114 Å². The first-order valence-electron chi connectivity index (χ1n) is 17.1. The molecule has 8 atom stereocenters. The smallest absolute Gasteiger partial charge is 0.340 e. The van der Waals surface area contributed by atoms with Crippen molar-refractivity contribution in [3.63, 3.8) is 0 Å². The third-order valence-corrected chi connectivity index (χ3v) is 10.8. The SMILES string of the molecule is Cc1ccccc1-c1noc(C2CC2)c1COC1C[C@H]2CC[C@@H](C1)N2.Cc1nc2c(F)cc(C(=O)O[C@@H]3O[C@H](C(=O)O)[C@@H](O)[C@H](O)[C@H]3O)cc2s1. The van der Waals surface area contributed by atoms with Gasteiger partial charge in [0.25, 0.3) is 0 Å². The Morgan fingerprint density at radius 2 is 1.75 bits per heavy atom. The number of carboxylic acids is 1. The molecule has 4 aromatic rings. The van der Waals surface area contributed by atoms with Crippen molar-refractivity contribution in [2.24, 2.45) is 0 Å². The van der Waals surface area contributed by atoms with Crippen LogP contribution in [0.15, 0.2) is 40.9 Å². The molecule has 2 bridgehead atoms. The van der Waals surface area contributed by atoms with E-state index in [1.165, 1.54) is 48.4 Å². The van der Waals surface area contributed by atoms with Crippen LogP contribution in [0, 0.1) is 19.7 Å². The van der Waals surface area contributed by atoms with E-state index in [9.17, 15) is 29.3 Å². The molecule has 4 fully saturated rings. The summed E-state index contributed by atoms with van der Waals surface area (Å²) in [7, 11) is 0. The van der Waals surface area contributed by atoms with Crippen molar-refractivity contribution < 1.29 is 53.1 Å². The van der Waals surface area contributed by atoms with Crippen molar-refractivity contribution in [3.05, 3.63) is 69.7 Å². The number of carbonyl (C=O) groups excluding carboxylic acids is 1. The maximum Gasteiger partial charge on any atom is 0.340 e. The molecule has 5 N–H and O–H groups in total. The highest BCUT2D eigenvalue weighted by atomic mass is 32.1. The quantitative estimate of drug-likeness (QED) is 0.163. The van der Waals surface area contributed by atoms with Gasteiger partial charge >= 0.3 is 11.9 Å². The number of aliphatic hydroxyl groups excluding tert-OH is 3. The molecule has 272 valence electrons. The molecule has 8 rings (SSSR count). The van der Waals surface area contributed by atoms with Gasteiger partial charge in [0.1, 0.15) is 35.3 Å². The molecule has 1 unspecified atom stereocenters. The topological polar surface area (TPSA) is 194 Å². The summed E-state index contributed by atoms with van der Waals surface area (Å²) in [4.78, 5) is 27.3. The predicted octanol–water partition coefficient (Wildman–Crippen LogP) is 4.12. The summed E-state index contributed by atoms with van der Waals surface area (Å²) in [5.74, 6) is -1.85. The molecule has 0 radical (unpaired) electrons. The predicted molar refractivity (Wildman–Crippen MR) is 180 cm³/mol. The Morgan fingerprint density at radius 1 is 1.02 bits per heavy atom. The van der Waals surface area contributed by atoms with Crippen molar-refractivity contribution in [1.82, 2.24) is 15.5 Å². The van der Waals surface area contributed by atoms with E-state index in [2.05, 4.69) is 46.6 Å². The summed E-state index contributed by atoms with van der Waals surface area (Å²) < 4.78 is 36.4. The summed E-state index contributed by atoms with van der Waals surface area (Å²) in [5.41, 5.74) is 4.46. The second kappa shape index (κ2) is 14.7. The number of aliphatic carboxylic acids is 1. The lowest BCUT2D eigenvalue weighted by Gasteiger charge is -2.37. The molecule has 13 nitrogen and oxygen atoms in total. The van der Waals surface area contributed by atoms with Crippen molar-refractivity contribution in [1.29, 1.82) is 0 Å². The van der Waals surface area contributed by atoms with E-state index >= 15 is 0 Å². The lowest BCUT2D eigenvalue weighted by molar-refractivity contribution is -0.278. The van der Waals surface area contributed by atoms with E-state index in [-0.39, 0.29) is 11.1 Å². The number of rotatable bonds is 8. The molecule has 1 saturated carbocycles. The molecule has 51 heavy (non-hydrogen) atoms. The number of esters is 1. The van der Waals surface area contributed by atoms with Crippen molar-refractivity contribution in [3.8, 4) is 11.3 Å². The largest absolute Gasteiger partial charge is 0.479 e. The summed E-state index contributed by atoms with van der Waals surface area (Å²) in [6, 6.07) is 12.0. The lowest BCUT2D eigenvalue weighted by atomic mass is 9.99. The Bertz CT molecular complexity index is 1900. The Balaban J connectivity index is 0.000000159. The second-order valence-corrected chi connectivity index (χ2v) is 14.9. The van der Waals surface area contributed by atoms with Crippen LogP contribution < -0.4 is 5.32 Å². The molecule has 5 heterocycles. The first kappa shape index (κ1) is 35.6. The van der Waals surface area contributed by atoms with E-state index in [4.69, 9.17) is 23.8 Å². The van der Waals surface area contributed by atoms with Crippen molar-refractivity contribution in [2.75, 3.05) is 0 Å². The van der Waals surface area contributed by atoms with Crippen LogP contribution >= 0.6 is 11.3 Å². The van der Waals surface area contributed by atoms with Gasteiger partial charge in [-0.1, -0.05) is 29.4 Å². The van der Waals surface area contributed by atoms with Crippen LogP contribution in [0.3, 0.4) is 0 Å². The van der Waals surface area contributed by atoms with E-state index in [0.717, 1.165) is 41.7 Å². The molecular weight excluding hydrogens is 685 g/mol. The number of piperidine rings is 1. The summed E-state index contributed by atoms with van der Waals surface area (Å²) in [6.07, 6.45) is -1.79. The Hall–Kier alpha value is -3.83. The standard InChI is InChI=1S/C21H26N2O2.C15H14FNO8S/c1-13-4-2-3-5-18(13)20-19(21(25-23-20)14-6-7-14)12-24-17-10-15-8-9-16(11-17)22-15;1-4-17-8-6(16)2-5(3-7(8)26-4)14(23)25-15-11(20)9(18)10(19)12(24-15)13(21)22/h2-5,14-17,22H,6-12H2,1H3;2-3,9-12,15,18-20H,1H3,(H,21,22)/t15-,16+,17?;9-,10-,11+,12-,15-/m.0/s1. The number of thiazole rings is 1. The number of nitrogens with one attached hydrogen (secondary N) is 1. The first-order valence-corrected chi connectivity index (χ1v) is 17.9. The normalized spacial score (nSPS) is 28.7. The minimum Gasteiger partial charge on any atom is -0.479 e. The molecule has 3 aliphatic heterocycles. The molecule has 0 amide bonds. The highest BCUT2D eigenvalue weighted by molar-refractivity contribution is 7.18. The van der Waals surface area contributed by atoms with Gasteiger partial charge in [0.05, 0.1) is 28.0 Å². The van der Waals surface area contributed by atoms with Gasteiger partial charge in [-0.2, -0.15) is 0 Å². The Labute approximate surface area is 296 Å². The van der Waals surface area contributed by atoms with Crippen LogP contribution in [-0.4, -0.2) is 91.4 Å². The third kappa shape index (κ3) is 7.56. The maximum absolute atomic E-state index is 14.1. The third-order valence-electron chi connectivity index (χ3n) is 9.89. The van der Waals surface area contributed by atoms with Gasteiger partial charge in [0, 0.05) is 29.1 Å². The van der Waals surface area contributed by atoms with E-state index in [0.29, 0.717) is 40.4 Å². The number of aromatic nitrogens is 2. The second-order valence-electron chi connectivity index (χ2n) is 13.7. The zero-order chi connectivity index (χ0) is 36.0. The van der Waals surface area contributed by atoms with Crippen molar-refractivity contribution >= 4 is 33.5 Å². The van der Waals surface area contributed by atoms with Crippen LogP contribution in [-0.2, 0) is 25.6 Å². The fraction of sp³-hybridized carbons (Fsp3) is 0.500. The zero-order valence-electron chi connectivity index (χ0n) is 28.0. The van der Waals surface area contributed by atoms with Crippen LogP contribution in [0.2, 0.25) is 0 Å². The van der Waals surface area contributed by atoms with E-state index in [1.54, 1.807) is 6.92 Å². The minimum absolute atomic E-state index is 0.0995. The number of fused-ring (bicyclic) bond motifs is 3. The van der Waals surface area contributed by atoms with Gasteiger partial charge in [-0.15, -0.1) is 11.3 Å². The van der Waals surface area contributed by atoms with Crippen LogP contribution in [0.25, 0.3) is 21.5 Å². The molecule has 3 saturated heterocycles. The average Bonchev–Trinajstić information content (AvgIpc) is 3.61. The first-order chi connectivity index (χ1) is 24.5. The highest BCUT2D eigenvalue weighted by Crippen LogP contribution is 2.45. The van der Waals surface area contributed by atoms with Gasteiger partial charge in [-0.25, -0.2) is 19.0 Å². The Morgan fingerprint density at radius 3 is 2.43 bits per heavy atom. The van der Waals surface area contributed by atoms with E-state index in [1.807, 2.05) is 0 Å². The van der Waals surface area contributed by atoms with Crippen LogP contribution in [0.1, 0.15) is 76.7 Å². The zero-order valence-corrected chi connectivity index (χ0v) is 28.8. The number of carbonyl (C=O) groups is 2. The lowest BCUT2D eigenvalue weighted by Crippen LogP contribution is -2.60. The van der Waals surface area contributed by atoms with Gasteiger partial charge in [-0.05, 0) is 70.1 Å². The average molecular weight is 726 g/mol. The van der Waals surface area contributed by atoms with E-state index < -0.39 is 48.5 Å². The van der Waals surface area contributed by atoms with Gasteiger partial charge in [0.2, 0.25) is 6.29 Å². The van der Waals surface area contributed by atoms with Crippen LogP contribution in [0.5, 0.6) is 0 Å². The minimum atomic E-state index is -1.91. The Kier molecular flexibility index (Phi) is 10.2. The number of halogens is 1. The molecule has 2 aromatic carbocycles. The highest BCUT2D eigenvalue weighted by Gasteiger charge is 2.48. The molecule has 1 aliphatic carbocycles. The molecular formula is C36H40FN3O10S. The summed E-state index contributed by atoms with van der Waals surface area (Å²) >= 11 is 1.16. The number of hydrogen-bond donors (Lipinski definition) is 5. The summed E-state index contributed by atoms with van der Waals surface area (Å²) in [6.45, 7) is 4.44. The van der Waals surface area contributed by atoms with Crippen LogP contribution in [0.4, 0.5) is 4.39 Å². The number of benzene rings is 2. The molecule has 0 spiro atoms. The number of nitrogens with zero attached hydrogens (tertiary/aromatic N) is 2. The molecule has 2 aromatic heterocycles. The number of hydrogen-bond acceptors (Lipinski definition) is 13. The number of aryl methyl sites for hydroxylation is 2. The van der Waals surface area contributed by atoms with Gasteiger partial charge in [-0.3, -0.25) is 0 Å². The summed E-state index contributed by atoms with van der Waals surface area (Å²) in [5, 5.41) is 46.8. The van der Waals surface area contributed by atoms with Gasteiger partial charge in [0.15, 0.2) is 11.9 Å².